The molecule has 0 saturated carbocycles. The maximum atomic E-state index is 14.7. The minimum Gasteiger partial charge on any atom is -0.354 e. The van der Waals surface area contributed by atoms with Gasteiger partial charge in [-0.3, -0.25) is 0 Å². The van der Waals surface area contributed by atoms with E-state index in [1.54, 1.807) is 22.5 Å². The van der Waals surface area contributed by atoms with Gasteiger partial charge in [-0.05, 0) is 18.6 Å². The summed E-state index contributed by atoms with van der Waals surface area (Å²) in [6.45, 7) is 2.33. The average Bonchev–Trinajstić information content (AvgIpc) is 3.21. The van der Waals surface area contributed by atoms with Crippen LogP contribution in [-0.4, -0.2) is 20.5 Å². The summed E-state index contributed by atoms with van der Waals surface area (Å²) in [7, 11) is 0. The number of rotatable bonds is 7. The van der Waals surface area contributed by atoms with Gasteiger partial charge < -0.3 is 4.74 Å². The first-order valence-electron chi connectivity index (χ1n) is 8.93. The Morgan fingerprint density at radius 2 is 2.07 bits per heavy atom. The zero-order chi connectivity index (χ0) is 19.7. The smallest absolute Gasteiger partial charge is 0.186 e. The second kappa shape index (κ2) is 7.81. The largest absolute Gasteiger partial charge is 0.354 e. The number of benzene rings is 2. The van der Waals surface area contributed by atoms with Crippen molar-refractivity contribution in [2.75, 3.05) is 5.75 Å². The van der Waals surface area contributed by atoms with Crippen LogP contribution in [0.2, 0.25) is 5.02 Å². The van der Waals surface area contributed by atoms with Gasteiger partial charge in [0.1, 0.15) is 29.7 Å². The van der Waals surface area contributed by atoms with Crippen LogP contribution in [0.3, 0.4) is 0 Å². The van der Waals surface area contributed by atoms with E-state index < -0.39 is 23.3 Å². The van der Waals surface area contributed by atoms with Gasteiger partial charge in [0.05, 0.1) is 6.54 Å². The summed E-state index contributed by atoms with van der Waals surface area (Å²) in [4.78, 5) is 4.29. The Morgan fingerprint density at radius 3 is 2.82 bits per heavy atom. The molecule has 28 heavy (non-hydrogen) atoms. The number of aromatic nitrogens is 3. The molecule has 0 spiro atoms. The molecule has 0 amide bonds. The van der Waals surface area contributed by atoms with Crippen molar-refractivity contribution in [1.82, 2.24) is 14.8 Å². The minimum absolute atomic E-state index is 0.248. The topological polar surface area (TPSA) is 43.2 Å². The van der Waals surface area contributed by atoms with Crippen molar-refractivity contribution < 1.29 is 13.5 Å². The quantitative estimate of drug-likeness (QED) is 0.379. The third-order valence-electron chi connectivity index (χ3n) is 4.67. The molecule has 1 aromatic heterocycles. The lowest BCUT2D eigenvalue weighted by atomic mass is 9.91. The molecule has 4 rings (SSSR count). The van der Waals surface area contributed by atoms with E-state index in [1.807, 2.05) is 18.2 Å². The minimum atomic E-state index is -1.03. The second-order valence-electron chi connectivity index (χ2n) is 6.58. The van der Waals surface area contributed by atoms with Crippen LogP contribution in [0.4, 0.5) is 8.78 Å². The zero-order valence-corrected chi connectivity index (χ0v) is 16.7. The number of halogens is 3. The van der Waals surface area contributed by atoms with E-state index in [2.05, 4.69) is 17.0 Å². The molecule has 1 fully saturated rings. The van der Waals surface area contributed by atoms with Gasteiger partial charge in [-0.2, -0.15) is 5.10 Å². The summed E-state index contributed by atoms with van der Waals surface area (Å²) < 4.78 is 36.0. The second-order valence-corrected chi connectivity index (χ2v) is 8.05. The molecule has 4 nitrogen and oxygen atoms in total. The molecule has 0 bridgehead atoms. The van der Waals surface area contributed by atoms with Gasteiger partial charge >= 0.3 is 0 Å². The van der Waals surface area contributed by atoms with E-state index in [0.717, 1.165) is 29.0 Å². The van der Waals surface area contributed by atoms with E-state index in [1.165, 1.54) is 18.5 Å². The molecule has 2 heterocycles. The summed E-state index contributed by atoms with van der Waals surface area (Å²) in [6.07, 6.45) is 2.00. The summed E-state index contributed by atoms with van der Waals surface area (Å²) >= 11 is 7.93. The van der Waals surface area contributed by atoms with Gasteiger partial charge in [-0.1, -0.05) is 54.6 Å². The fourth-order valence-corrected chi connectivity index (χ4v) is 4.31. The summed E-state index contributed by atoms with van der Waals surface area (Å²) in [5.74, 6) is -0.394. The van der Waals surface area contributed by atoms with Crippen LogP contribution >= 0.6 is 23.4 Å². The Labute approximate surface area is 170 Å². The van der Waals surface area contributed by atoms with E-state index >= 15 is 0 Å². The van der Waals surface area contributed by atoms with E-state index in [4.69, 9.17) is 16.3 Å². The van der Waals surface area contributed by atoms with E-state index in [-0.39, 0.29) is 12.1 Å². The summed E-state index contributed by atoms with van der Waals surface area (Å²) in [6, 6.07) is 10.8. The van der Waals surface area contributed by atoms with Crippen LogP contribution in [0.1, 0.15) is 30.6 Å². The summed E-state index contributed by atoms with van der Waals surface area (Å²) in [5, 5.41) is 5.56. The number of epoxide rings is 1. The van der Waals surface area contributed by atoms with Gasteiger partial charge in [0.25, 0.3) is 0 Å². The normalized spacial score (nSPS) is 21.1. The molecule has 1 aliphatic heterocycles. The number of hydrogen-bond acceptors (Lipinski definition) is 4. The van der Waals surface area contributed by atoms with Crippen LogP contribution in [0.5, 0.6) is 0 Å². The molecular weight excluding hydrogens is 404 g/mol. The van der Waals surface area contributed by atoms with Crippen molar-refractivity contribution in [3.63, 3.8) is 0 Å². The van der Waals surface area contributed by atoms with Gasteiger partial charge in [-0.15, -0.1) is 0 Å². The van der Waals surface area contributed by atoms with Gasteiger partial charge in [0.15, 0.2) is 5.16 Å². The van der Waals surface area contributed by atoms with Gasteiger partial charge in [-0.25, -0.2) is 18.4 Å². The lowest BCUT2D eigenvalue weighted by Crippen LogP contribution is -2.22. The standard InChI is InChI=1S/C20H18ClF2N3OS/c1-2-9-28-19-24-12-25-26(19)11-20(15-8-7-13(22)10-17(15)23)18(27-20)14-5-3-4-6-16(14)21/h3-8,10,12,18H,2,9,11H2,1H3/t18-,20+/m0/s1. The maximum absolute atomic E-state index is 14.7. The predicted octanol–water partition coefficient (Wildman–Crippen LogP) is 5.38. The third kappa shape index (κ3) is 3.54. The van der Waals surface area contributed by atoms with Crippen LogP contribution < -0.4 is 0 Å². The molecule has 2 aromatic carbocycles. The molecule has 1 saturated heterocycles. The van der Waals surface area contributed by atoms with E-state index in [0.29, 0.717) is 5.02 Å². The zero-order valence-electron chi connectivity index (χ0n) is 15.1. The number of hydrogen-bond donors (Lipinski definition) is 0. The maximum Gasteiger partial charge on any atom is 0.186 e. The van der Waals surface area contributed by atoms with Crippen LogP contribution in [0.15, 0.2) is 53.9 Å². The average molecular weight is 422 g/mol. The first-order chi connectivity index (χ1) is 13.5. The molecule has 0 aliphatic carbocycles. The monoisotopic (exact) mass is 421 g/mol. The Kier molecular flexibility index (Phi) is 5.40. The van der Waals surface area contributed by atoms with Crippen molar-refractivity contribution in [3.8, 4) is 0 Å². The van der Waals surface area contributed by atoms with Gasteiger partial charge in [0, 0.05) is 28.0 Å². The highest BCUT2D eigenvalue weighted by Gasteiger charge is 2.61. The predicted molar refractivity (Wildman–Crippen MR) is 104 cm³/mol. The highest BCUT2D eigenvalue weighted by molar-refractivity contribution is 7.99. The molecule has 1 aliphatic rings. The first kappa shape index (κ1) is 19.4. The fourth-order valence-electron chi connectivity index (χ4n) is 3.31. The van der Waals surface area contributed by atoms with Crippen molar-refractivity contribution in [2.45, 2.75) is 36.8 Å². The Balaban J connectivity index is 1.74. The number of ether oxygens (including phenoxy) is 1. The van der Waals surface area contributed by atoms with Crippen molar-refractivity contribution >= 4 is 23.4 Å². The highest BCUT2D eigenvalue weighted by Crippen LogP contribution is 2.59. The van der Waals surface area contributed by atoms with Crippen LogP contribution in [0.25, 0.3) is 0 Å². The molecule has 0 unspecified atom stereocenters. The Morgan fingerprint density at radius 1 is 1.25 bits per heavy atom. The van der Waals surface area contributed by atoms with Gasteiger partial charge in [0.2, 0.25) is 0 Å². The fraction of sp³-hybridized carbons (Fsp3) is 0.300. The molecule has 0 radical (unpaired) electrons. The molecule has 2 atom stereocenters. The number of thioether (sulfide) groups is 1. The highest BCUT2D eigenvalue weighted by atomic mass is 35.5. The van der Waals surface area contributed by atoms with Crippen molar-refractivity contribution in [1.29, 1.82) is 0 Å². The van der Waals surface area contributed by atoms with Crippen molar-refractivity contribution in [3.05, 3.63) is 76.6 Å². The van der Waals surface area contributed by atoms with Crippen molar-refractivity contribution in [2.24, 2.45) is 0 Å². The lowest BCUT2D eigenvalue weighted by molar-refractivity contribution is 0.250. The van der Waals surface area contributed by atoms with Crippen LogP contribution in [-0.2, 0) is 16.9 Å². The SMILES string of the molecule is CCCSc1ncnn1C[C@]1(c2ccc(F)cc2F)O[C@H]1c1ccccc1Cl. The molecule has 8 heteroatoms. The molecule has 0 N–H and O–H groups in total. The first-order valence-corrected chi connectivity index (χ1v) is 10.3. The Hall–Kier alpha value is -1.96. The van der Waals surface area contributed by atoms with Crippen LogP contribution in [0, 0.1) is 11.6 Å². The molecule has 146 valence electrons. The number of nitrogens with zero attached hydrogens (tertiary/aromatic N) is 3. The van der Waals surface area contributed by atoms with E-state index in [9.17, 15) is 8.78 Å². The third-order valence-corrected chi connectivity index (χ3v) is 6.20. The lowest BCUT2D eigenvalue weighted by Gasteiger charge is -2.16. The molecular formula is C20H18ClF2N3OS. The summed E-state index contributed by atoms with van der Waals surface area (Å²) in [5.41, 5.74) is 0.00869. The molecule has 3 aromatic rings. The Bertz CT molecular complexity index is 999.